The SMILES string of the molecule is CCOC(=O)COc1cccc2c(C)cccc12. The van der Waals surface area contributed by atoms with Gasteiger partial charge in [0.2, 0.25) is 0 Å². The van der Waals surface area contributed by atoms with Crippen molar-refractivity contribution in [1.29, 1.82) is 0 Å². The van der Waals surface area contributed by atoms with Crippen molar-refractivity contribution in [1.82, 2.24) is 0 Å². The van der Waals surface area contributed by atoms with Crippen molar-refractivity contribution in [3.63, 3.8) is 0 Å². The molecule has 0 aliphatic heterocycles. The molecule has 2 rings (SSSR count). The Labute approximate surface area is 106 Å². The highest BCUT2D eigenvalue weighted by atomic mass is 16.6. The van der Waals surface area contributed by atoms with Crippen LogP contribution in [0.2, 0.25) is 0 Å². The van der Waals surface area contributed by atoms with E-state index in [1.165, 1.54) is 5.56 Å². The van der Waals surface area contributed by atoms with Gasteiger partial charge in [-0.05, 0) is 30.9 Å². The van der Waals surface area contributed by atoms with Crippen LogP contribution in [0.25, 0.3) is 10.8 Å². The lowest BCUT2D eigenvalue weighted by atomic mass is 10.1. The average molecular weight is 244 g/mol. The second kappa shape index (κ2) is 5.54. The highest BCUT2D eigenvalue weighted by Crippen LogP contribution is 2.27. The summed E-state index contributed by atoms with van der Waals surface area (Å²) in [5, 5.41) is 2.15. The van der Waals surface area contributed by atoms with E-state index >= 15 is 0 Å². The number of esters is 1. The van der Waals surface area contributed by atoms with Gasteiger partial charge in [-0.15, -0.1) is 0 Å². The highest BCUT2D eigenvalue weighted by Gasteiger charge is 2.06. The van der Waals surface area contributed by atoms with Gasteiger partial charge in [0, 0.05) is 5.39 Å². The van der Waals surface area contributed by atoms with E-state index in [1.807, 2.05) is 30.3 Å². The van der Waals surface area contributed by atoms with Crippen molar-refractivity contribution in [2.45, 2.75) is 13.8 Å². The molecule has 3 nitrogen and oxygen atoms in total. The fourth-order valence-corrected chi connectivity index (χ4v) is 1.90. The number of benzene rings is 2. The van der Waals surface area contributed by atoms with Crippen LogP contribution in [0.15, 0.2) is 36.4 Å². The minimum atomic E-state index is -0.345. The molecule has 3 heteroatoms. The van der Waals surface area contributed by atoms with E-state index < -0.39 is 0 Å². The van der Waals surface area contributed by atoms with Crippen LogP contribution in [0.5, 0.6) is 5.75 Å². The van der Waals surface area contributed by atoms with Gasteiger partial charge in [-0.3, -0.25) is 0 Å². The standard InChI is InChI=1S/C15H16O3/c1-3-17-15(16)10-18-14-9-5-7-12-11(2)6-4-8-13(12)14/h4-9H,3,10H2,1-2H3. The third-order valence-corrected chi connectivity index (χ3v) is 2.75. The van der Waals surface area contributed by atoms with Crippen molar-refractivity contribution >= 4 is 16.7 Å². The number of carbonyl (C=O) groups excluding carboxylic acids is 1. The summed E-state index contributed by atoms with van der Waals surface area (Å²) >= 11 is 0. The first-order valence-electron chi connectivity index (χ1n) is 5.99. The first-order valence-corrected chi connectivity index (χ1v) is 5.99. The Hall–Kier alpha value is -2.03. The van der Waals surface area contributed by atoms with E-state index in [1.54, 1.807) is 6.92 Å². The van der Waals surface area contributed by atoms with E-state index in [0.717, 1.165) is 10.8 Å². The molecule has 0 radical (unpaired) electrons. The van der Waals surface area contributed by atoms with Crippen molar-refractivity contribution < 1.29 is 14.3 Å². The Kier molecular flexibility index (Phi) is 3.82. The lowest BCUT2D eigenvalue weighted by molar-refractivity contribution is -0.145. The summed E-state index contributed by atoms with van der Waals surface area (Å²) < 4.78 is 10.3. The molecule has 0 amide bonds. The van der Waals surface area contributed by atoms with E-state index in [4.69, 9.17) is 9.47 Å². The molecule has 2 aromatic carbocycles. The number of carbonyl (C=O) groups is 1. The van der Waals surface area contributed by atoms with Gasteiger partial charge in [0.05, 0.1) is 6.61 Å². The quantitative estimate of drug-likeness (QED) is 0.775. The maximum atomic E-state index is 11.3. The van der Waals surface area contributed by atoms with Crippen molar-refractivity contribution in [3.05, 3.63) is 42.0 Å². The molecule has 0 aliphatic rings. The van der Waals surface area contributed by atoms with Gasteiger partial charge >= 0.3 is 5.97 Å². The maximum absolute atomic E-state index is 11.3. The number of aryl methyl sites for hydroxylation is 1. The summed E-state index contributed by atoms with van der Waals surface area (Å²) in [6.07, 6.45) is 0. The maximum Gasteiger partial charge on any atom is 0.344 e. The zero-order valence-electron chi connectivity index (χ0n) is 10.6. The van der Waals surface area contributed by atoms with Crippen LogP contribution in [0.4, 0.5) is 0 Å². The molecule has 0 fully saturated rings. The zero-order valence-corrected chi connectivity index (χ0v) is 10.6. The van der Waals surface area contributed by atoms with Crippen LogP contribution in [0.1, 0.15) is 12.5 Å². The summed E-state index contributed by atoms with van der Waals surface area (Å²) in [7, 11) is 0. The Morgan fingerprint density at radius 2 is 1.83 bits per heavy atom. The average Bonchev–Trinajstić information content (AvgIpc) is 2.37. The Morgan fingerprint density at radius 1 is 1.11 bits per heavy atom. The van der Waals surface area contributed by atoms with Gasteiger partial charge in [0.1, 0.15) is 5.75 Å². The first-order chi connectivity index (χ1) is 8.72. The summed E-state index contributed by atoms with van der Waals surface area (Å²) in [6, 6.07) is 11.9. The molecule has 2 aromatic rings. The van der Waals surface area contributed by atoms with E-state index in [0.29, 0.717) is 12.4 Å². The van der Waals surface area contributed by atoms with Gasteiger partial charge in [0.25, 0.3) is 0 Å². The summed E-state index contributed by atoms with van der Waals surface area (Å²) in [4.78, 5) is 11.3. The molecule has 94 valence electrons. The molecule has 18 heavy (non-hydrogen) atoms. The molecule has 0 unspecified atom stereocenters. The van der Waals surface area contributed by atoms with Crippen LogP contribution in [-0.2, 0) is 9.53 Å². The monoisotopic (exact) mass is 244 g/mol. The van der Waals surface area contributed by atoms with E-state index in [-0.39, 0.29) is 12.6 Å². The van der Waals surface area contributed by atoms with Gasteiger partial charge < -0.3 is 9.47 Å². The van der Waals surface area contributed by atoms with Gasteiger partial charge in [-0.1, -0.05) is 30.3 Å². The molecule has 0 atom stereocenters. The highest BCUT2D eigenvalue weighted by molar-refractivity contribution is 5.91. The number of hydrogen-bond acceptors (Lipinski definition) is 3. The smallest absolute Gasteiger partial charge is 0.344 e. The van der Waals surface area contributed by atoms with Crippen LogP contribution < -0.4 is 4.74 Å². The van der Waals surface area contributed by atoms with E-state index in [2.05, 4.69) is 13.0 Å². The molecular formula is C15H16O3. The third kappa shape index (κ3) is 2.62. The van der Waals surface area contributed by atoms with Crippen molar-refractivity contribution in [2.24, 2.45) is 0 Å². The predicted octanol–water partition coefficient (Wildman–Crippen LogP) is 3.09. The van der Waals surface area contributed by atoms with Crippen molar-refractivity contribution in [3.8, 4) is 5.75 Å². The summed E-state index contributed by atoms with van der Waals surface area (Å²) in [5.41, 5.74) is 1.19. The van der Waals surface area contributed by atoms with Gasteiger partial charge in [-0.2, -0.15) is 0 Å². The van der Waals surface area contributed by atoms with Crippen LogP contribution in [-0.4, -0.2) is 19.2 Å². The molecule has 0 spiro atoms. The molecule has 0 saturated carbocycles. The molecule has 0 aromatic heterocycles. The molecular weight excluding hydrogens is 228 g/mol. The lowest BCUT2D eigenvalue weighted by Crippen LogP contribution is -2.14. The fourth-order valence-electron chi connectivity index (χ4n) is 1.90. The minimum absolute atomic E-state index is 0.0547. The second-order valence-corrected chi connectivity index (χ2v) is 4.02. The normalized spacial score (nSPS) is 10.3. The Morgan fingerprint density at radius 3 is 2.61 bits per heavy atom. The molecule has 0 aliphatic carbocycles. The minimum Gasteiger partial charge on any atom is -0.481 e. The number of fused-ring (bicyclic) bond motifs is 1. The van der Waals surface area contributed by atoms with Crippen LogP contribution >= 0.6 is 0 Å². The summed E-state index contributed by atoms with van der Waals surface area (Å²) in [5.74, 6) is 0.367. The zero-order chi connectivity index (χ0) is 13.0. The number of ether oxygens (including phenoxy) is 2. The lowest BCUT2D eigenvalue weighted by Gasteiger charge is -2.09. The van der Waals surface area contributed by atoms with E-state index in [9.17, 15) is 4.79 Å². The van der Waals surface area contributed by atoms with Gasteiger partial charge in [0.15, 0.2) is 6.61 Å². The van der Waals surface area contributed by atoms with Crippen LogP contribution in [0, 0.1) is 6.92 Å². The van der Waals surface area contributed by atoms with Gasteiger partial charge in [-0.25, -0.2) is 4.79 Å². The second-order valence-electron chi connectivity index (χ2n) is 4.02. The number of hydrogen-bond donors (Lipinski definition) is 0. The Bertz CT molecular complexity index is 561. The van der Waals surface area contributed by atoms with Crippen molar-refractivity contribution in [2.75, 3.05) is 13.2 Å². The molecule has 0 saturated heterocycles. The predicted molar refractivity (Wildman–Crippen MR) is 70.8 cm³/mol. The number of rotatable bonds is 4. The summed E-state index contributed by atoms with van der Waals surface area (Å²) in [6.45, 7) is 4.15. The molecule has 0 N–H and O–H groups in total. The molecule has 0 heterocycles. The Balaban J connectivity index is 2.23. The topological polar surface area (TPSA) is 35.5 Å². The largest absolute Gasteiger partial charge is 0.481 e. The van der Waals surface area contributed by atoms with Crippen LogP contribution in [0.3, 0.4) is 0 Å². The third-order valence-electron chi connectivity index (χ3n) is 2.75. The molecule has 0 bridgehead atoms. The first kappa shape index (κ1) is 12.4. The fraction of sp³-hybridized carbons (Fsp3) is 0.267.